The van der Waals surface area contributed by atoms with E-state index in [-0.39, 0.29) is 30.4 Å². The van der Waals surface area contributed by atoms with Crippen molar-refractivity contribution in [1.82, 2.24) is 15.2 Å². The SMILES string of the molecule is CC(C)(C)OC(=O)N1Cc2cc(O)ccc2CC1[C@H](O)CNC(=O)c1cc(NC2CCC2)ncc1F. The van der Waals surface area contributed by atoms with Crippen molar-refractivity contribution in [1.29, 1.82) is 0 Å². The fourth-order valence-corrected chi connectivity index (χ4v) is 4.34. The van der Waals surface area contributed by atoms with Gasteiger partial charge in [-0.05, 0) is 75.8 Å². The molecule has 1 aromatic heterocycles. The number of anilines is 1. The highest BCUT2D eigenvalue weighted by Crippen LogP contribution is 2.29. The number of nitrogens with zero attached hydrogens (tertiary/aromatic N) is 2. The number of aromatic hydroxyl groups is 1. The maximum absolute atomic E-state index is 14.4. The van der Waals surface area contributed by atoms with Gasteiger partial charge in [0.1, 0.15) is 17.2 Å². The number of amides is 2. The first kappa shape index (κ1) is 25.7. The molecule has 2 atom stereocenters. The van der Waals surface area contributed by atoms with Crippen molar-refractivity contribution in [3.05, 3.63) is 53.0 Å². The Morgan fingerprint density at radius 2 is 2.00 bits per heavy atom. The monoisotopic (exact) mass is 500 g/mol. The van der Waals surface area contributed by atoms with E-state index >= 15 is 0 Å². The van der Waals surface area contributed by atoms with Gasteiger partial charge in [-0.25, -0.2) is 14.2 Å². The Hall–Kier alpha value is -3.40. The van der Waals surface area contributed by atoms with E-state index in [0.717, 1.165) is 36.6 Å². The minimum absolute atomic E-state index is 0.0784. The lowest BCUT2D eigenvalue weighted by molar-refractivity contribution is -0.0113. The van der Waals surface area contributed by atoms with E-state index in [9.17, 15) is 24.2 Å². The number of carbonyl (C=O) groups excluding carboxylic acids is 2. The normalized spacial score (nSPS) is 18.6. The van der Waals surface area contributed by atoms with Crippen LogP contribution in [0.5, 0.6) is 5.75 Å². The molecular weight excluding hydrogens is 467 g/mol. The molecule has 1 aliphatic carbocycles. The molecule has 9 nitrogen and oxygen atoms in total. The predicted octanol–water partition coefficient (Wildman–Crippen LogP) is 3.34. The van der Waals surface area contributed by atoms with Gasteiger partial charge in [0.25, 0.3) is 5.91 Å². The molecule has 2 aromatic rings. The van der Waals surface area contributed by atoms with Gasteiger partial charge in [0.2, 0.25) is 0 Å². The third-order valence-corrected chi connectivity index (χ3v) is 6.46. The van der Waals surface area contributed by atoms with Crippen molar-refractivity contribution in [3.63, 3.8) is 0 Å². The van der Waals surface area contributed by atoms with Crippen LogP contribution in [0.3, 0.4) is 0 Å². The average Bonchev–Trinajstić information content (AvgIpc) is 2.78. The first-order valence-electron chi connectivity index (χ1n) is 12.2. The Labute approximate surface area is 209 Å². The van der Waals surface area contributed by atoms with Crippen LogP contribution in [0.1, 0.15) is 61.5 Å². The van der Waals surface area contributed by atoms with Crippen molar-refractivity contribution < 1.29 is 28.9 Å². The van der Waals surface area contributed by atoms with Gasteiger partial charge in [0.05, 0.1) is 23.9 Å². The van der Waals surface area contributed by atoms with Crippen molar-refractivity contribution >= 4 is 17.8 Å². The van der Waals surface area contributed by atoms with E-state index in [1.807, 2.05) is 0 Å². The number of carbonyl (C=O) groups is 2. The van der Waals surface area contributed by atoms with Crippen LogP contribution < -0.4 is 10.6 Å². The Morgan fingerprint density at radius 1 is 1.25 bits per heavy atom. The number of halogens is 1. The molecule has 36 heavy (non-hydrogen) atoms. The zero-order valence-corrected chi connectivity index (χ0v) is 20.8. The number of phenols is 1. The van der Waals surface area contributed by atoms with Crippen molar-refractivity contribution in [2.75, 3.05) is 11.9 Å². The van der Waals surface area contributed by atoms with Crippen LogP contribution in [0.4, 0.5) is 15.0 Å². The molecule has 0 bridgehead atoms. The van der Waals surface area contributed by atoms with E-state index in [4.69, 9.17) is 4.74 Å². The Balaban J connectivity index is 1.47. The molecule has 1 aliphatic heterocycles. The highest BCUT2D eigenvalue weighted by Gasteiger charge is 2.37. The fraction of sp³-hybridized carbons (Fsp3) is 0.500. The number of hydrogen-bond acceptors (Lipinski definition) is 7. The molecule has 1 saturated carbocycles. The zero-order chi connectivity index (χ0) is 26.0. The molecule has 0 saturated heterocycles. The van der Waals surface area contributed by atoms with Gasteiger partial charge < -0.3 is 25.6 Å². The molecule has 4 rings (SSSR count). The molecule has 10 heteroatoms. The lowest BCUT2D eigenvalue weighted by Crippen LogP contribution is -2.54. The molecule has 1 unspecified atom stereocenters. The van der Waals surface area contributed by atoms with Crippen LogP contribution in [0, 0.1) is 5.82 Å². The Bertz CT molecular complexity index is 1130. The summed E-state index contributed by atoms with van der Waals surface area (Å²) in [7, 11) is 0. The lowest BCUT2D eigenvalue weighted by Gasteiger charge is -2.40. The number of phenolic OH excluding ortho intramolecular Hbond substituents is 1. The number of aliphatic hydroxyl groups excluding tert-OH is 1. The molecule has 0 spiro atoms. The summed E-state index contributed by atoms with van der Waals surface area (Å²) >= 11 is 0. The van der Waals surface area contributed by atoms with Gasteiger partial charge in [-0.3, -0.25) is 9.69 Å². The van der Waals surface area contributed by atoms with Gasteiger partial charge >= 0.3 is 6.09 Å². The van der Waals surface area contributed by atoms with Crippen LogP contribution in [-0.4, -0.2) is 62.4 Å². The molecule has 1 fully saturated rings. The van der Waals surface area contributed by atoms with Crippen LogP contribution in [0.25, 0.3) is 0 Å². The van der Waals surface area contributed by atoms with Gasteiger partial charge in [-0.1, -0.05) is 6.07 Å². The van der Waals surface area contributed by atoms with Crippen LogP contribution in [0.15, 0.2) is 30.5 Å². The summed E-state index contributed by atoms with van der Waals surface area (Å²) in [5, 5.41) is 26.6. The number of aliphatic hydroxyl groups is 1. The van der Waals surface area contributed by atoms with Crippen molar-refractivity contribution in [3.8, 4) is 5.75 Å². The van der Waals surface area contributed by atoms with Crippen LogP contribution in [-0.2, 0) is 17.7 Å². The fourth-order valence-electron chi connectivity index (χ4n) is 4.34. The first-order chi connectivity index (χ1) is 17.0. The third kappa shape index (κ3) is 6.04. The predicted molar refractivity (Wildman–Crippen MR) is 131 cm³/mol. The standard InChI is InChI=1S/C26H33FN4O5/c1-26(2,3)36-25(35)31-14-16-9-18(32)8-7-15(16)10-21(31)22(33)13-29-24(34)19-11-23(28-12-20(19)27)30-17-5-4-6-17/h7-9,11-12,17,21-22,32-33H,4-6,10,13-14H2,1-3H3,(H,28,30)(H,29,34)/t21?,22-/m1/s1. The average molecular weight is 501 g/mol. The second kappa shape index (κ2) is 10.3. The number of rotatable bonds is 6. The number of hydrogen-bond donors (Lipinski definition) is 4. The second-order valence-electron chi connectivity index (χ2n) is 10.4. The molecule has 1 aromatic carbocycles. The largest absolute Gasteiger partial charge is 0.508 e. The van der Waals surface area contributed by atoms with Crippen molar-refractivity contribution in [2.45, 2.75) is 76.8 Å². The Morgan fingerprint density at radius 3 is 2.67 bits per heavy atom. The van der Waals surface area contributed by atoms with Gasteiger partial charge in [0, 0.05) is 19.1 Å². The summed E-state index contributed by atoms with van der Waals surface area (Å²) in [6, 6.07) is 5.82. The molecule has 4 N–H and O–H groups in total. The zero-order valence-electron chi connectivity index (χ0n) is 20.8. The molecular formula is C26H33FN4O5. The first-order valence-corrected chi connectivity index (χ1v) is 12.2. The molecule has 2 aliphatic rings. The minimum atomic E-state index is -1.15. The Kier molecular flexibility index (Phi) is 7.35. The van der Waals surface area contributed by atoms with E-state index in [0.29, 0.717) is 12.2 Å². The summed E-state index contributed by atoms with van der Waals surface area (Å²) in [6.45, 7) is 5.17. The number of pyridine rings is 1. The smallest absolute Gasteiger partial charge is 0.410 e. The lowest BCUT2D eigenvalue weighted by atomic mass is 9.91. The highest BCUT2D eigenvalue weighted by molar-refractivity contribution is 5.95. The van der Waals surface area contributed by atoms with Crippen LogP contribution >= 0.6 is 0 Å². The van der Waals surface area contributed by atoms with E-state index in [2.05, 4.69) is 15.6 Å². The van der Waals surface area contributed by atoms with Crippen molar-refractivity contribution in [2.24, 2.45) is 0 Å². The third-order valence-electron chi connectivity index (χ3n) is 6.46. The number of ether oxygens (including phenoxy) is 1. The van der Waals surface area contributed by atoms with E-state index < -0.39 is 35.6 Å². The number of benzene rings is 1. The quantitative estimate of drug-likeness (QED) is 0.480. The topological polar surface area (TPSA) is 124 Å². The van der Waals surface area contributed by atoms with E-state index in [1.165, 1.54) is 11.0 Å². The second-order valence-corrected chi connectivity index (χ2v) is 10.4. The molecule has 0 radical (unpaired) electrons. The van der Waals surface area contributed by atoms with Gasteiger partial charge in [-0.2, -0.15) is 0 Å². The highest BCUT2D eigenvalue weighted by atomic mass is 19.1. The summed E-state index contributed by atoms with van der Waals surface area (Å²) < 4.78 is 19.9. The summed E-state index contributed by atoms with van der Waals surface area (Å²) in [6.07, 6.45) is 2.67. The number of aromatic nitrogens is 1. The molecule has 194 valence electrons. The maximum atomic E-state index is 14.4. The summed E-state index contributed by atoms with van der Waals surface area (Å²) in [5.74, 6) is -0.941. The van der Waals surface area contributed by atoms with Gasteiger partial charge in [0.15, 0.2) is 5.82 Å². The summed E-state index contributed by atoms with van der Waals surface area (Å²) in [5.41, 5.74) is 0.699. The maximum Gasteiger partial charge on any atom is 0.410 e. The molecule has 2 amide bonds. The number of nitrogens with one attached hydrogen (secondary N) is 2. The van der Waals surface area contributed by atoms with E-state index in [1.54, 1.807) is 39.0 Å². The van der Waals surface area contributed by atoms with Gasteiger partial charge in [-0.15, -0.1) is 0 Å². The summed E-state index contributed by atoms with van der Waals surface area (Å²) in [4.78, 5) is 31.1. The molecule has 2 heterocycles. The minimum Gasteiger partial charge on any atom is -0.508 e. The van der Waals surface area contributed by atoms with Crippen LogP contribution in [0.2, 0.25) is 0 Å². The number of fused-ring (bicyclic) bond motifs is 1.